The lowest BCUT2D eigenvalue weighted by Crippen LogP contribution is -2.06. The summed E-state index contributed by atoms with van der Waals surface area (Å²) in [5, 5.41) is 10.8. The summed E-state index contributed by atoms with van der Waals surface area (Å²) < 4.78 is 32.0. The monoisotopic (exact) mass is 295 g/mol. The van der Waals surface area contributed by atoms with E-state index < -0.39 is 19.7 Å². The van der Waals surface area contributed by atoms with Gasteiger partial charge in [-0.2, -0.15) is 0 Å². The Hall–Kier alpha value is -1.38. The zero-order chi connectivity index (χ0) is 13.8. The highest BCUT2D eigenvalue weighted by molar-refractivity contribution is 8.13. The van der Waals surface area contributed by atoms with Gasteiger partial charge in [-0.15, -0.1) is 0 Å². The highest BCUT2D eigenvalue weighted by atomic mass is 35.7. The molecule has 0 aliphatic carbocycles. The van der Waals surface area contributed by atoms with E-state index in [0.717, 1.165) is 12.1 Å². The lowest BCUT2D eigenvalue weighted by molar-refractivity contribution is -0.386. The molecule has 100 valence electrons. The van der Waals surface area contributed by atoms with Gasteiger partial charge in [0.15, 0.2) is 5.75 Å². The highest BCUT2D eigenvalue weighted by Gasteiger charge is 2.20. The van der Waals surface area contributed by atoms with Gasteiger partial charge in [-0.1, -0.05) is 0 Å². The zero-order valence-corrected chi connectivity index (χ0v) is 10.9. The van der Waals surface area contributed by atoms with Gasteiger partial charge in [0.05, 0.1) is 16.4 Å². The van der Waals surface area contributed by atoms with Gasteiger partial charge in [-0.3, -0.25) is 10.1 Å². The van der Waals surface area contributed by atoms with Crippen molar-refractivity contribution in [3.05, 3.63) is 28.3 Å². The third-order valence-electron chi connectivity index (χ3n) is 1.95. The molecule has 0 saturated carbocycles. The minimum atomic E-state index is -4.01. The minimum absolute atomic E-state index is 0.0406. The maximum Gasteiger partial charge on any atom is 0.312 e. The molecule has 0 aliphatic rings. The number of nitrogens with zero attached hydrogens (tertiary/aromatic N) is 1. The maximum atomic E-state index is 11.1. The molecule has 0 aliphatic heterocycles. The number of hydrogen-bond donors (Lipinski definition) is 0. The lowest BCUT2D eigenvalue weighted by Gasteiger charge is -2.06. The van der Waals surface area contributed by atoms with Crippen molar-refractivity contribution in [3.8, 4) is 5.75 Å². The van der Waals surface area contributed by atoms with Crippen LogP contribution in [0.25, 0.3) is 0 Å². The van der Waals surface area contributed by atoms with Crippen molar-refractivity contribution >= 4 is 25.4 Å². The van der Waals surface area contributed by atoms with Crippen LogP contribution in [0.1, 0.15) is 0 Å². The molecule has 0 fully saturated rings. The van der Waals surface area contributed by atoms with Gasteiger partial charge >= 0.3 is 5.69 Å². The fourth-order valence-electron chi connectivity index (χ4n) is 1.15. The third-order valence-corrected chi connectivity index (χ3v) is 3.31. The molecule has 0 unspecified atom stereocenters. The van der Waals surface area contributed by atoms with E-state index in [1.54, 1.807) is 0 Å². The van der Waals surface area contributed by atoms with Crippen molar-refractivity contribution in [2.24, 2.45) is 0 Å². The Labute approximate surface area is 108 Å². The van der Waals surface area contributed by atoms with E-state index in [4.69, 9.17) is 20.2 Å². The van der Waals surface area contributed by atoms with Crippen LogP contribution >= 0.6 is 10.7 Å². The second-order valence-corrected chi connectivity index (χ2v) is 5.73. The fourth-order valence-corrected chi connectivity index (χ4v) is 1.92. The molecule has 0 amide bonds. The van der Waals surface area contributed by atoms with Crippen molar-refractivity contribution in [1.29, 1.82) is 0 Å². The van der Waals surface area contributed by atoms with Crippen LogP contribution in [0.4, 0.5) is 5.69 Å². The van der Waals surface area contributed by atoms with E-state index >= 15 is 0 Å². The molecule has 1 rings (SSSR count). The smallest absolute Gasteiger partial charge is 0.312 e. The second kappa shape index (κ2) is 5.98. The quantitative estimate of drug-likeness (QED) is 0.342. The summed E-state index contributed by atoms with van der Waals surface area (Å²) in [7, 11) is 2.55. The zero-order valence-electron chi connectivity index (χ0n) is 9.33. The molecule has 0 spiro atoms. The van der Waals surface area contributed by atoms with E-state index in [9.17, 15) is 18.5 Å². The van der Waals surface area contributed by atoms with E-state index in [1.165, 1.54) is 13.2 Å². The van der Waals surface area contributed by atoms with Gasteiger partial charge in [-0.05, 0) is 12.1 Å². The summed E-state index contributed by atoms with van der Waals surface area (Å²) in [6, 6.07) is 3.17. The SMILES string of the molecule is COCCOc1ccc(S(=O)(=O)Cl)cc1[N+](=O)[O-]. The van der Waals surface area contributed by atoms with Crippen LogP contribution in [-0.4, -0.2) is 33.7 Å². The molecule has 7 nitrogen and oxygen atoms in total. The Morgan fingerprint density at radius 3 is 2.56 bits per heavy atom. The summed E-state index contributed by atoms with van der Waals surface area (Å²) in [5.41, 5.74) is -0.465. The topological polar surface area (TPSA) is 95.7 Å². The van der Waals surface area contributed by atoms with E-state index in [-0.39, 0.29) is 23.9 Å². The standard InChI is InChI=1S/C9H10ClNO6S/c1-16-4-5-17-9-3-2-7(18(10,14)15)6-8(9)11(12)13/h2-3,6H,4-5H2,1H3. The Kier molecular flexibility index (Phi) is 4.88. The van der Waals surface area contributed by atoms with Crippen LogP contribution in [0.3, 0.4) is 0 Å². The fraction of sp³-hybridized carbons (Fsp3) is 0.333. The van der Waals surface area contributed by atoms with Gasteiger partial charge in [-0.25, -0.2) is 8.42 Å². The first-order valence-electron chi connectivity index (χ1n) is 4.71. The minimum Gasteiger partial charge on any atom is -0.484 e. The molecule has 0 saturated heterocycles. The summed E-state index contributed by atoms with van der Waals surface area (Å²) >= 11 is 0. The summed E-state index contributed by atoms with van der Waals surface area (Å²) in [6.07, 6.45) is 0. The van der Waals surface area contributed by atoms with Crippen LogP contribution in [0.2, 0.25) is 0 Å². The first kappa shape index (κ1) is 14.7. The maximum absolute atomic E-state index is 11.1. The Morgan fingerprint density at radius 2 is 2.06 bits per heavy atom. The number of rotatable bonds is 6. The summed E-state index contributed by atoms with van der Waals surface area (Å²) in [5.74, 6) is -0.0406. The second-order valence-electron chi connectivity index (χ2n) is 3.17. The number of nitro benzene ring substituents is 1. The van der Waals surface area contributed by atoms with Crippen molar-refractivity contribution < 1.29 is 22.8 Å². The highest BCUT2D eigenvalue weighted by Crippen LogP contribution is 2.30. The van der Waals surface area contributed by atoms with Crippen LogP contribution < -0.4 is 4.74 Å². The molecule has 0 atom stereocenters. The number of halogens is 1. The first-order valence-corrected chi connectivity index (χ1v) is 7.02. The van der Waals surface area contributed by atoms with Gasteiger partial charge in [0.1, 0.15) is 6.61 Å². The van der Waals surface area contributed by atoms with Gasteiger partial charge in [0.25, 0.3) is 9.05 Å². The first-order chi connectivity index (χ1) is 8.36. The Morgan fingerprint density at radius 1 is 1.39 bits per heavy atom. The van der Waals surface area contributed by atoms with E-state index in [1.807, 2.05) is 0 Å². The Bertz CT molecular complexity index is 544. The van der Waals surface area contributed by atoms with Crippen LogP contribution in [0, 0.1) is 10.1 Å². The lowest BCUT2D eigenvalue weighted by atomic mass is 10.3. The van der Waals surface area contributed by atoms with Crippen molar-refractivity contribution in [3.63, 3.8) is 0 Å². The number of ether oxygens (including phenoxy) is 2. The van der Waals surface area contributed by atoms with Crippen molar-refractivity contribution in [2.45, 2.75) is 4.90 Å². The third kappa shape index (κ3) is 3.83. The molecule has 0 N–H and O–H groups in total. The average Bonchev–Trinajstić information content (AvgIpc) is 2.28. The molecule has 0 aromatic heterocycles. The molecule has 9 heteroatoms. The van der Waals surface area contributed by atoms with E-state index in [0.29, 0.717) is 0 Å². The van der Waals surface area contributed by atoms with Crippen LogP contribution in [0.5, 0.6) is 5.75 Å². The normalized spacial score (nSPS) is 11.2. The van der Waals surface area contributed by atoms with E-state index in [2.05, 4.69) is 0 Å². The van der Waals surface area contributed by atoms with Crippen molar-refractivity contribution in [2.75, 3.05) is 20.3 Å². The number of benzene rings is 1. The average molecular weight is 296 g/mol. The molecule has 18 heavy (non-hydrogen) atoms. The number of methoxy groups -OCH3 is 1. The Balaban J connectivity index is 3.09. The van der Waals surface area contributed by atoms with Gasteiger partial charge in [0.2, 0.25) is 0 Å². The molecular weight excluding hydrogens is 286 g/mol. The number of hydrogen-bond acceptors (Lipinski definition) is 6. The predicted molar refractivity (Wildman–Crippen MR) is 63.5 cm³/mol. The molecule has 0 heterocycles. The number of nitro groups is 1. The molecule has 1 aromatic carbocycles. The molecule has 0 bridgehead atoms. The molecule has 1 aromatic rings. The van der Waals surface area contributed by atoms with Crippen LogP contribution in [-0.2, 0) is 13.8 Å². The summed E-state index contributed by atoms with van der Waals surface area (Å²) in [6.45, 7) is 0.372. The van der Waals surface area contributed by atoms with Gasteiger partial charge < -0.3 is 9.47 Å². The molecular formula is C9H10ClNO6S. The van der Waals surface area contributed by atoms with Crippen molar-refractivity contribution in [1.82, 2.24) is 0 Å². The largest absolute Gasteiger partial charge is 0.484 e. The van der Waals surface area contributed by atoms with Crippen LogP contribution in [0.15, 0.2) is 23.1 Å². The van der Waals surface area contributed by atoms with Gasteiger partial charge in [0, 0.05) is 23.9 Å². The molecule has 0 radical (unpaired) electrons. The summed E-state index contributed by atoms with van der Waals surface area (Å²) in [4.78, 5) is 9.70. The predicted octanol–water partition coefficient (Wildman–Crippen LogP) is 1.55.